The van der Waals surface area contributed by atoms with Crippen molar-refractivity contribution >= 4 is 5.96 Å². The van der Waals surface area contributed by atoms with Gasteiger partial charge in [-0.25, -0.2) is 0 Å². The molecule has 1 fully saturated rings. The van der Waals surface area contributed by atoms with Crippen molar-refractivity contribution in [3.05, 3.63) is 23.8 Å². The Kier molecular flexibility index (Phi) is 9.93. The minimum Gasteiger partial charge on any atom is -0.497 e. The van der Waals surface area contributed by atoms with Crippen LogP contribution in [0.25, 0.3) is 0 Å². The largest absolute Gasteiger partial charge is 0.497 e. The second-order valence-corrected chi connectivity index (χ2v) is 6.90. The number of aliphatic imine (C=N–C) groups is 1. The van der Waals surface area contributed by atoms with Crippen LogP contribution in [0.5, 0.6) is 11.5 Å². The lowest BCUT2D eigenvalue weighted by Crippen LogP contribution is -2.44. The van der Waals surface area contributed by atoms with Gasteiger partial charge in [0.2, 0.25) is 0 Å². The van der Waals surface area contributed by atoms with Crippen LogP contribution in [0.15, 0.2) is 23.2 Å². The van der Waals surface area contributed by atoms with Crippen molar-refractivity contribution in [1.82, 2.24) is 15.5 Å². The minimum absolute atomic E-state index is 0.400. The van der Waals surface area contributed by atoms with Crippen LogP contribution in [0.4, 0.5) is 0 Å². The Hall–Kier alpha value is -1.99. The third-order valence-electron chi connectivity index (χ3n) is 4.70. The number of guanidine groups is 1. The fourth-order valence-electron chi connectivity index (χ4n) is 3.33. The zero-order chi connectivity index (χ0) is 20.2. The summed E-state index contributed by atoms with van der Waals surface area (Å²) in [6.07, 6.45) is 2.04. The van der Waals surface area contributed by atoms with Gasteiger partial charge in [0.1, 0.15) is 11.5 Å². The molecule has 0 spiro atoms. The van der Waals surface area contributed by atoms with Gasteiger partial charge in [0.25, 0.3) is 0 Å². The molecule has 28 heavy (non-hydrogen) atoms. The van der Waals surface area contributed by atoms with Gasteiger partial charge < -0.3 is 24.8 Å². The van der Waals surface area contributed by atoms with Crippen molar-refractivity contribution in [1.29, 1.82) is 0 Å². The minimum atomic E-state index is 0.400. The van der Waals surface area contributed by atoms with Crippen molar-refractivity contribution in [3.8, 4) is 11.5 Å². The Balaban J connectivity index is 1.85. The molecule has 1 atom stereocenters. The molecule has 7 nitrogen and oxygen atoms in total. The van der Waals surface area contributed by atoms with Crippen molar-refractivity contribution in [2.45, 2.75) is 39.3 Å². The standard InChI is InChI=1S/C21H36N4O3/c1-5-22-21(23-9-7-11-28-6-2)24-18-8-10-25(16-18)15-17-12-19(26-3)14-20(13-17)27-4/h12-14,18H,5-11,15-16H2,1-4H3,(H2,22,23,24). The molecule has 2 N–H and O–H groups in total. The van der Waals surface area contributed by atoms with E-state index in [0.717, 1.165) is 76.2 Å². The third kappa shape index (κ3) is 7.56. The van der Waals surface area contributed by atoms with Gasteiger partial charge in [-0.2, -0.15) is 0 Å². The van der Waals surface area contributed by atoms with Crippen LogP contribution in [0, 0.1) is 0 Å². The lowest BCUT2D eigenvalue weighted by atomic mass is 10.2. The highest BCUT2D eigenvalue weighted by Crippen LogP contribution is 2.24. The van der Waals surface area contributed by atoms with Crippen LogP contribution in [0.2, 0.25) is 0 Å². The molecule has 1 aliphatic rings. The van der Waals surface area contributed by atoms with E-state index in [1.54, 1.807) is 14.2 Å². The van der Waals surface area contributed by atoms with E-state index in [9.17, 15) is 0 Å². The molecule has 0 aliphatic carbocycles. The molecule has 7 heteroatoms. The van der Waals surface area contributed by atoms with E-state index in [-0.39, 0.29) is 0 Å². The molecule has 1 heterocycles. The molecule has 1 aromatic rings. The van der Waals surface area contributed by atoms with E-state index < -0.39 is 0 Å². The lowest BCUT2D eigenvalue weighted by Gasteiger charge is -2.19. The zero-order valence-corrected chi connectivity index (χ0v) is 17.8. The summed E-state index contributed by atoms with van der Waals surface area (Å²) < 4.78 is 16.1. The fourth-order valence-corrected chi connectivity index (χ4v) is 3.33. The molecule has 0 radical (unpaired) electrons. The Labute approximate surface area is 169 Å². The van der Waals surface area contributed by atoms with Crippen molar-refractivity contribution in [2.24, 2.45) is 4.99 Å². The number of ether oxygens (including phenoxy) is 3. The van der Waals surface area contributed by atoms with E-state index in [0.29, 0.717) is 6.04 Å². The van der Waals surface area contributed by atoms with Gasteiger partial charge in [-0.1, -0.05) is 0 Å². The highest BCUT2D eigenvalue weighted by atomic mass is 16.5. The van der Waals surface area contributed by atoms with Crippen molar-refractivity contribution in [3.63, 3.8) is 0 Å². The smallest absolute Gasteiger partial charge is 0.191 e. The summed E-state index contributed by atoms with van der Waals surface area (Å²) >= 11 is 0. The summed E-state index contributed by atoms with van der Waals surface area (Å²) in [5, 5.41) is 6.92. The average Bonchev–Trinajstić information content (AvgIpc) is 3.14. The summed E-state index contributed by atoms with van der Waals surface area (Å²) in [5.41, 5.74) is 1.20. The molecular formula is C21H36N4O3. The first-order valence-electron chi connectivity index (χ1n) is 10.2. The molecule has 1 unspecified atom stereocenters. The average molecular weight is 393 g/mol. The lowest BCUT2D eigenvalue weighted by molar-refractivity contribution is 0.146. The predicted octanol–water partition coefficient (Wildman–Crippen LogP) is 2.26. The van der Waals surface area contributed by atoms with Crippen LogP contribution in [0.1, 0.15) is 32.3 Å². The maximum Gasteiger partial charge on any atom is 0.191 e. The van der Waals surface area contributed by atoms with Gasteiger partial charge in [0, 0.05) is 58.0 Å². The van der Waals surface area contributed by atoms with Gasteiger partial charge in [-0.05, 0) is 44.4 Å². The first-order chi connectivity index (χ1) is 13.7. The van der Waals surface area contributed by atoms with Crippen LogP contribution < -0.4 is 20.1 Å². The van der Waals surface area contributed by atoms with E-state index in [1.807, 2.05) is 13.0 Å². The van der Waals surface area contributed by atoms with Crippen molar-refractivity contribution in [2.75, 3.05) is 53.6 Å². The molecule has 0 amide bonds. The number of nitrogens with one attached hydrogen (secondary N) is 2. The second-order valence-electron chi connectivity index (χ2n) is 6.90. The highest BCUT2D eigenvalue weighted by Gasteiger charge is 2.23. The molecule has 0 aromatic heterocycles. The van der Waals surface area contributed by atoms with Gasteiger partial charge in [0.05, 0.1) is 14.2 Å². The quantitative estimate of drug-likeness (QED) is 0.342. The Morgan fingerprint density at radius 3 is 2.57 bits per heavy atom. The van der Waals surface area contributed by atoms with Crippen LogP contribution in [-0.4, -0.2) is 70.5 Å². The topological polar surface area (TPSA) is 67.4 Å². The van der Waals surface area contributed by atoms with Gasteiger partial charge in [0.15, 0.2) is 5.96 Å². The Morgan fingerprint density at radius 1 is 1.18 bits per heavy atom. The molecule has 1 saturated heterocycles. The van der Waals surface area contributed by atoms with E-state index in [2.05, 4.69) is 39.6 Å². The van der Waals surface area contributed by atoms with Gasteiger partial charge in [-0.15, -0.1) is 0 Å². The maximum atomic E-state index is 5.38. The summed E-state index contributed by atoms with van der Waals surface area (Å²) in [5.74, 6) is 2.56. The van der Waals surface area contributed by atoms with E-state index in [1.165, 1.54) is 5.56 Å². The van der Waals surface area contributed by atoms with Gasteiger partial charge in [-0.3, -0.25) is 9.89 Å². The predicted molar refractivity (Wildman–Crippen MR) is 113 cm³/mol. The van der Waals surface area contributed by atoms with Crippen LogP contribution >= 0.6 is 0 Å². The second kappa shape index (κ2) is 12.5. The monoisotopic (exact) mass is 392 g/mol. The number of hydrogen-bond acceptors (Lipinski definition) is 5. The summed E-state index contributed by atoms with van der Waals surface area (Å²) in [6, 6.07) is 6.46. The molecule has 2 rings (SSSR count). The first-order valence-corrected chi connectivity index (χ1v) is 10.2. The summed E-state index contributed by atoms with van der Waals surface area (Å²) in [6.45, 7) is 10.2. The number of benzene rings is 1. The number of rotatable bonds is 11. The van der Waals surface area contributed by atoms with E-state index >= 15 is 0 Å². The Morgan fingerprint density at radius 2 is 1.93 bits per heavy atom. The first kappa shape index (κ1) is 22.3. The maximum absolute atomic E-state index is 5.38. The summed E-state index contributed by atoms with van der Waals surface area (Å²) in [4.78, 5) is 7.11. The molecule has 0 saturated carbocycles. The van der Waals surface area contributed by atoms with Crippen LogP contribution in [-0.2, 0) is 11.3 Å². The molecule has 158 valence electrons. The number of likely N-dealkylation sites (tertiary alicyclic amines) is 1. The summed E-state index contributed by atoms with van der Waals surface area (Å²) in [7, 11) is 3.37. The fraction of sp³-hybridized carbons (Fsp3) is 0.667. The van der Waals surface area contributed by atoms with Gasteiger partial charge >= 0.3 is 0 Å². The molecule has 1 aromatic carbocycles. The zero-order valence-electron chi connectivity index (χ0n) is 17.8. The Bertz CT molecular complexity index is 587. The SMILES string of the molecule is CCNC(=NCCCOCC)NC1CCN(Cc2cc(OC)cc(OC)c2)C1. The molecule has 0 bridgehead atoms. The van der Waals surface area contributed by atoms with Crippen molar-refractivity contribution < 1.29 is 14.2 Å². The highest BCUT2D eigenvalue weighted by molar-refractivity contribution is 5.80. The molecular weight excluding hydrogens is 356 g/mol. The number of hydrogen-bond donors (Lipinski definition) is 2. The number of methoxy groups -OCH3 is 2. The van der Waals surface area contributed by atoms with E-state index in [4.69, 9.17) is 14.2 Å². The number of nitrogens with zero attached hydrogens (tertiary/aromatic N) is 2. The normalized spacial score (nSPS) is 17.6. The van der Waals surface area contributed by atoms with Crippen LogP contribution in [0.3, 0.4) is 0 Å². The molecule has 1 aliphatic heterocycles. The third-order valence-corrected chi connectivity index (χ3v) is 4.70.